The molecule has 0 bridgehead atoms. The normalized spacial score (nSPS) is 14.9. The topological polar surface area (TPSA) is 58.9 Å². The van der Waals surface area contributed by atoms with Crippen molar-refractivity contribution in [2.45, 2.75) is 39.3 Å². The minimum absolute atomic E-state index is 0.114. The van der Waals surface area contributed by atoms with Crippen LogP contribution < -0.4 is 10.2 Å². The molecule has 6 nitrogen and oxygen atoms in total. The maximum atomic E-state index is 12.9. The van der Waals surface area contributed by atoms with E-state index in [1.807, 2.05) is 31.2 Å². The number of ether oxygens (including phenoxy) is 1. The van der Waals surface area contributed by atoms with Crippen LogP contribution in [-0.4, -0.2) is 41.6 Å². The van der Waals surface area contributed by atoms with Gasteiger partial charge in [-0.15, -0.1) is 0 Å². The van der Waals surface area contributed by atoms with Crippen LogP contribution in [0.5, 0.6) is 0 Å². The number of hydrogen-bond acceptors (Lipinski definition) is 4. The van der Waals surface area contributed by atoms with Gasteiger partial charge in [0.05, 0.1) is 12.3 Å². The number of carbonyl (C=O) groups excluding carboxylic acids is 1. The second-order valence-corrected chi connectivity index (χ2v) is 8.64. The molecule has 176 valence electrons. The lowest BCUT2D eigenvalue weighted by Gasteiger charge is -2.33. The van der Waals surface area contributed by atoms with Crippen molar-refractivity contribution in [3.63, 3.8) is 0 Å². The van der Waals surface area contributed by atoms with E-state index in [0.29, 0.717) is 29.3 Å². The Balaban J connectivity index is 1.34. The summed E-state index contributed by atoms with van der Waals surface area (Å²) in [6.07, 6.45) is 4.06. The van der Waals surface area contributed by atoms with Gasteiger partial charge in [-0.05, 0) is 48.9 Å². The zero-order valence-corrected chi connectivity index (χ0v) is 19.2. The summed E-state index contributed by atoms with van der Waals surface area (Å²) in [5, 5.41) is 3.57. The molecule has 0 atom stereocenters. The number of alkyl halides is 2. The second kappa shape index (κ2) is 10.5. The van der Waals surface area contributed by atoms with Gasteiger partial charge in [0.2, 0.25) is 0 Å². The van der Waals surface area contributed by atoms with Gasteiger partial charge >= 0.3 is 6.61 Å². The molecule has 1 amide bonds. The van der Waals surface area contributed by atoms with Gasteiger partial charge in [0.1, 0.15) is 11.3 Å². The summed E-state index contributed by atoms with van der Waals surface area (Å²) < 4.78 is 30.7. The van der Waals surface area contributed by atoms with E-state index >= 15 is 0 Å². The number of aryl methyl sites for hydroxylation is 1. The number of hydrogen-bond donors (Lipinski definition) is 1. The number of piperidine rings is 1. The molecule has 4 rings (SSSR count). The molecule has 3 heterocycles. The van der Waals surface area contributed by atoms with Crippen LogP contribution in [0.3, 0.4) is 0 Å². The number of benzene rings is 1. The molecular formula is C24H27ClF2N4O2. The van der Waals surface area contributed by atoms with Gasteiger partial charge in [-0.3, -0.25) is 9.20 Å². The highest BCUT2D eigenvalue weighted by atomic mass is 35.5. The second-order valence-electron chi connectivity index (χ2n) is 8.21. The maximum Gasteiger partial charge on any atom is 0.345 e. The molecule has 9 heteroatoms. The summed E-state index contributed by atoms with van der Waals surface area (Å²) in [7, 11) is 0. The third kappa shape index (κ3) is 5.62. The molecule has 1 N–H and O–H groups in total. The molecule has 1 fully saturated rings. The molecule has 1 aromatic carbocycles. The number of fused-ring (bicyclic) bond motifs is 1. The van der Waals surface area contributed by atoms with Crippen LogP contribution in [0.1, 0.15) is 41.5 Å². The van der Waals surface area contributed by atoms with Crippen LogP contribution in [-0.2, 0) is 17.7 Å². The van der Waals surface area contributed by atoms with Gasteiger partial charge in [0, 0.05) is 42.6 Å². The van der Waals surface area contributed by atoms with Gasteiger partial charge in [0.15, 0.2) is 0 Å². The molecule has 0 saturated carbocycles. The van der Waals surface area contributed by atoms with E-state index in [1.165, 1.54) is 0 Å². The van der Waals surface area contributed by atoms with E-state index in [4.69, 9.17) is 11.6 Å². The number of pyridine rings is 1. The summed E-state index contributed by atoms with van der Waals surface area (Å²) >= 11 is 6.06. The smallest absolute Gasteiger partial charge is 0.345 e. The largest absolute Gasteiger partial charge is 0.372 e. The summed E-state index contributed by atoms with van der Waals surface area (Å²) in [6.45, 7) is 1.40. The van der Waals surface area contributed by atoms with Gasteiger partial charge in [-0.1, -0.05) is 30.7 Å². The van der Waals surface area contributed by atoms with Crippen molar-refractivity contribution in [1.29, 1.82) is 0 Å². The Kier molecular flexibility index (Phi) is 7.45. The molecule has 1 aliphatic heterocycles. The highest BCUT2D eigenvalue weighted by Crippen LogP contribution is 2.24. The number of nitrogens with one attached hydrogen (secondary N) is 1. The lowest BCUT2D eigenvalue weighted by Crippen LogP contribution is -2.35. The van der Waals surface area contributed by atoms with E-state index in [-0.39, 0.29) is 18.4 Å². The third-order valence-electron chi connectivity index (χ3n) is 6.04. The van der Waals surface area contributed by atoms with Gasteiger partial charge in [0.25, 0.3) is 5.91 Å². The highest BCUT2D eigenvalue weighted by molar-refractivity contribution is 6.30. The Morgan fingerprint density at radius 3 is 2.64 bits per heavy atom. The summed E-state index contributed by atoms with van der Waals surface area (Å²) in [5.74, 6) is -0.00719. The predicted octanol–water partition coefficient (Wildman–Crippen LogP) is 4.94. The van der Waals surface area contributed by atoms with Crippen molar-refractivity contribution in [2.75, 3.05) is 24.6 Å². The summed E-state index contributed by atoms with van der Waals surface area (Å²) in [5.41, 5.74) is 3.98. The Morgan fingerprint density at radius 1 is 1.24 bits per heavy atom. The molecule has 2 aromatic heterocycles. The van der Waals surface area contributed by atoms with Crippen LogP contribution in [0.2, 0.25) is 5.02 Å². The fraction of sp³-hybridized carbons (Fsp3) is 0.417. The quantitative estimate of drug-likeness (QED) is 0.500. The fourth-order valence-corrected chi connectivity index (χ4v) is 4.37. The van der Waals surface area contributed by atoms with Crippen LogP contribution in [0, 0.1) is 5.92 Å². The molecule has 0 unspecified atom stereocenters. The first kappa shape index (κ1) is 23.4. The first-order valence-electron chi connectivity index (χ1n) is 11.1. The molecule has 1 aliphatic rings. The average Bonchev–Trinajstić information content (AvgIpc) is 3.19. The van der Waals surface area contributed by atoms with Crippen molar-refractivity contribution >= 4 is 28.8 Å². The first-order valence-corrected chi connectivity index (χ1v) is 11.5. The number of amides is 1. The lowest BCUT2D eigenvalue weighted by atomic mass is 9.97. The SMILES string of the molecule is CCc1nc2cc(Cl)ccn2c1C(=O)NCc1ccc(N2CCC(COC(F)F)CC2)cc1. The minimum atomic E-state index is -2.70. The standard InChI is InChI=1S/C24H27ClF2N4O2/c1-2-20-22(31-12-9-18(25)13-21(31)29-20)23(32)28-14-16-3-5-19(6-4-16)30-10-7-17(8-11-30)15-33-24(26)27/h3-6,9,12-13,17,24H,2,7-8,10-11,14-15H2,1H3,(H,28,32). The molecule has 0 spiro atoms. The van der Waals surface area contributed by atoms with E-state index < -0.39 is 6.61 Å². The average molecular weight is 477 g/mol. The van der Waals surface area contributed by atoms with E-state index in [1.54, 1.807) is 22.7 Å². The van der Waals surface area contributed by atoms with E-state index in [0.717, 1.165) is 42.9 Å². The number of nitrogens with zero attached hydrogens (tertiary/aromatic N) is 3. The van der Waals surface area contributed by atoms with Gasteiger partial charge < -0.3 is 15.0 Å². The molecule has 33 heavy (non-hydrogen) atoms. The zero-order valence-electron chi connectivity index (χ0n) is 18.4. The van der Waals surface area contributed by atoms with Gasteiger partial charge in [-0.25, -0.2) is 4.98 Å². The first-order chi connectivity index (χ1) is 15.9. The van der Waals surface area contributed by atoms with Crippen LogP contribution >= 0.6 is 11.6 Å². The van der Waals surface area contributed by atoms with Crippen molar-refractivity contribution in [1.82, 2.24) is 14.7 Å². The summed E-state index contributed by atoms with van der Waals surface area (Å²) in [6, 6.07) is 11.5. The Labute approximate surface area is 196 Å². The number of imidazole rings is 1. The Morgan fingerprint density at radius 2 is 1.97 bits per heavy atom. The van der Waals surface area contributed by atoms with E-state index in [2.05, 4.69) is 19.9 Å². The lowest BCUT2D eigenvalue weighted by molar-refractivity contribution is -0.139. The maximum absolute atomic E-state index is 12.9. The molecule has 3 aromatic rings. The van der Waals surface area contributed by atoms with Crippen LogP contribution in [0.4, 0.5) is 14.5 Å². The van der Waals surface area contributed by atoms with Crippen LogP contribution in [0.25, 0.3) is 5.65 Å². The third-order valence-corrected chi connectivity index (χ3v) is 6.27. The number of anilines is 1. The highest BCUT2D eigenvalue weighted by Gasteiger charge is 2.21. The van der Waals surface area contributed by atoms with E-state index in [9.17, 15) is 13.6 Å². The Hall–Kier alpha value is -2.71. The van der Waals surface area contributed by atoms with Crippen molar-refractivity contribution in [3.05, 3.63) is 64.6 Å². The molecule has 0 aliphatic carbocycles. The fourth-order valence-electron chi connectivity index (χ4n) is 4.21. The number of halogens is 3. The van der Waals surface area contributed by atoms with Crippen LogP contribution in [0.15, 0.2) is 42.6 Å². The van der Waals surface area contributed by atoms with Gasteiger partial charge in [-0.2, -0.15) is 8.78 Å². The number of aromatic nitrogens is 2. The summed E-state index contributed by atoms with van der Waals surface area (Å²) in [4.78, 5) is 19.7. The molecule has 0 radical (unpaired) electrons. The monoisotopic (exact) mass is 476 g/mol. The Bertz CT molecular complexity index is 1100. The predicted molar refractivity (Wildman–Crippen MR) is 124 cm³/mol. The number of rotatable bonds is 8. The molecule has 1 saturated heterocycles. The number of carbonyl (C=O) groups is 1. The van der Waals surface area contributed by atoms with Crippen molar-refractivity contribution in [3.8, 4) is 0 Å². The zero-order chi connectivity index (χ0) is 23.4. The minimum Gasteiger partial charge on any atom is -0.372 e. The molecular weight excluding hydrogens is 450 g/mol. The van der Waals surface area contributed by atoms with Crippen molar-refractivity contribution < 1.29 is 18.3 Å². The van der Waals surface area contributed by atoms with Crippen molar-refractivity contribution in [2.24, 2.45) is 5.92 Å².